The smallest absolute Gasteiger partial charge is 0.226 e. The molecule has 0 saturated carbocycles. The van der Waals surface area contributed by atoms with E-state index in [4.69, 9.17) is 9.47 Å². The van der Waals surface area contributed by atoms with Crippen LogP contribution in [-0.2, 0) is 17.6 Å². The van der Waals surface area contributed by atoms with E-state index in [1.807, 2.05) is 38.1 Å². The summed E-state index contributed by atoms with van der Waals surface area (Å²) in [7, 11) is 1.62. The molecular weight excluding hydrogens is 318 g/mol. The van der Waals surface area contributed by atoms with E-state index in [9.17, 15) is 4.79 Å². The first-order valence-corrected chi connectivity index (χ1v) is 8.44. The predicted octanol–water partition coefficient (Wildman–Crippen LogP) is 2.01. The summed E-state index contributed by atoms with van der Waals surface area (Å²) < 4.78 is 11.1. The van der Waals surface area contributed by atoms with Crippen LogP contribution in [0.25, 0.3) is 0 Å². The first-order chi connectivity index (χ1) is 12.1. The number of nitrogens with one attached hydrogen (secondary N) is 1. The number of fused-ring (bicyclic) bond motifs is 1. The second-order valence-electron chi connectivity index (χ2n) is 6.27. The Hall–Kier alpha value is -2.63. The molecule has 0 radical (unpaired) electrons. The maximum atomic E-state index is 12.4. The third kappa shape index (κ3) is 4.07. The minimum Gasteiger partial charge on any atom is -0.493 e. The molecule has 2 heterocycles. The number of ether oxygens (including phenoxy) is 2. The molecule has 1 aromatic carbocycles. The minimum absolute atomic E-state index is 0.00200. The molecule has 6 nitrogen and oxygen atoms in total. The van der Waals surface area contributed by atoms with E-state index < -0.39 is 0 Å². The average molecular weight is 341 g/mol. The zero-order chi connectivity index (χ0) is 17.8. The zero-order valence-electron chi connectivity index (χ0n) is 14.8. The SMILES string of the molecule is COc1cccc2c1OCC(C(=O)NCCc1nc(C)cc(C)n1)C2. The van der Waals surface area contributed by atoms with Gasteiger partial charge in [-0.3, -0.25) is 4.79 Å². The van der Waals surface area contributed by atoms with Crippen LogP contribution in [0.4, 0.5) is 0 Å². The molecule has 3 rings (SSSR count). The highest BCUT2D eigenvalue weighted by molar-refractivity contribution is 5.79. The van der Waals surface area contributed by atoms with E-state index in [1.165, 1.54) is 0 Å². The fraction of sp³-hybridized carbons (Fsp3) is 0.421. The van der Waals surface area contributed by atoms with E-state index in [0.717, 1.165) is 28.5 Å². The largest absolute Gasteiger partial charge is 0.493 e. The number of methoxy groups -OCH3 is 1. The number of aromatic nitrogens is 2. The van der Waals surface area contributed by atoms with Gasteiger partial charge in [-0.2, -0.15) is 0 Å². The molecule has 0 saturated heterocycles. The maximum absolute atomic E-state index is 12.4. The van der Waals surface area contributed by atoms with Gasteiger partial charge in [-0.25, -0.2) is 9.97 Å². The zero-order valence-corrected chi connectivity index (χ0v) is 14.8. The van der Waals surface area contributed by atoms with Crippen molar-refractivity contribution in [3.05, 3.63) is 47.0 Å². The number of carbonyl (C=O) groups excluding carboxylic acids is 1. The molecule has 0 bridgehead atoms. The Morgan fingerprint density at radius 1 is 1.32 bits per heavy atom. The number of aryl methyl sites for hydroxylation is 2. The van der Waals surface area contributed by atoms with Gasteiger partial charge in [-0.15, -0.1) is 0 Å². The highest BCUT2D eigenvalue weighted by Gasteiger charge is 2.27. The summed E-state index contributed by atoms with van der Waals surface area (Å²) in [6.45, 7) is 4.77. The van der Waals surface area contributed by atoms with Gasteiger partial charge >= 0.3 is 0 Å². The Morgan fingerprint density at radius 2 is 2.08 bits per heavy atom. The topological polar surface area (TPSA) is 73.3 Å². The molecule has 132 valence electrons. The fourth-order valence-electron chi connectivity index (χ4n) is 3.08. The van der Waals surface area contributed by atoms with Crippen molar-refractivity contribution >= 4 is 5.91 Å². The van der Waals surface area contributed by atoms with Crippen LogP contribution in [0.5, 0.6) is 11.5 Å². The molecule has 0 spiro atoms. The van der Waals surface area contributed by atoms with Crippen LogP contribution in [0, 0.1) is 19.8 Å². The lowest BCUT2D eigenvalue weighted by atomic mass is 9.95. The first kappa shape index (κ1) is 17.2. The van der Waals surface area contributed by atoms with Crippen molar-refractivity contribution in [1.29, 1.82) is 0 Å². The van der Waals surface area contributed by atoms with Gasteiger partial charge in [0, 0.05) is 24.4 Å². The number of rotatable bonds is 5. The average Bonchev–Trinajstić information content (AvgIpc) is 2.59. The van der Waals surface area contributed by atoms with E-state index in [2.05, 4.69) is 15.3 Å². The van der Waals surface area contributed by atoms with Crippen molar-refractivity contribution < 1.29 is 14.3 Å². The van der Waals surface area contributed by atoms with Crippen LogP contribution in [0.3, 0.4) is 0 Å². The number of amides is 1. The van der Waals surface area contributed by atoms with Gasteiger partial charge in [0.25, 0.3) is 0 Å². The molecule has 2 aromatic rings. The Bertz CT molecular complexity index is 756. The van der Waals surface area contributed by atoms with Crippen LogP contribution in [0.2, 0.25) is 0 Å². The summed E-state index contributed by atoms with van der Waals surface area (Å²) in [5.74, 6) is 2.02. The van der Waals surface area contributed by atoms with E-state index in [-0.39, 0.29) is 11.8 Å². The van der Waals surface area contributed by atoms with Crippen molar-refractivity contribution in [2.24, 2.45) is 5.92 Å². The first-order valence-electron chi connectivity index (χ1n) is 8.44. The van der Waals surface area contributed by atoms with Gasteiger partial charge in [0.05, 0.1) is 13.0 Å². The second kappa shape index (κ2) is 7.51. The van der Waals surface area contributed by atoms with Gasteiger partial charge in [-0.1, -0.05) is 12.1 Å². The maximum Gasteiger partial charge on any atom is 0.226 e. The van der Waals surface area contributed by atoms with Crippen molar-refractivity contribution in [3.63, 3.8) is 0 Å². The number of nitrogens with zero attached hydrogens (tertiary/aromatic N) is 2. The highest BCUT2D eigenvalue weighted by Crippen LogP contribution is 2.35. The monoisotopic (exact) mass is 341 g/mol. The van der Waals surface area contributed by atoms with Crippen molar-refractivity contribution in [2.45, 2.75) is 26.7 Å². The molecule has 1 unspecified atom stereocenters. The van der Waals surface area contributed by atoms with Crippen LogP contribution < -0.4 is 14.8 Å². The van der Waals surface area contributed by atoms with Crippen LogP contribution >= 0.6 is 0 Å². The summed E-state index contributed by atoms with van der Waals surface area (Å²) in [4.78, 5) is 21.2. The normalized spacial score (nSPS) is 15.9. The molecule has 0 fully saturated rings. The third-order valence-corrected chi connectivity index (χ3v) is 4.22. The van der Waals surface area contributed by atoms with Gasteiger partial charge in [0.15, 0.2) is 11.5 Å². The lowest BCUT2D eigenvalue weighted by Gasteiger charge is -2.25. The van der Waals surface area contributed by atoms with Crippen molar-refractivity contribution in [2.75, 3.05) is 20.3 Å². The molecule has 0 aliphatic carbocycles. The summed E-state index contributed by atoms with van der Waals surface area (Å²) in [5, 5.41) is 2.97. The fourth-order valence-corrected chi connectivity index (χ4v) is 3.08. The van der Waals surface area contributed by atoms with Gasteiger partial charge in [0.2, 0.25) is 5.91 Å². The Labute approximate surface area is 147 Å². The molecule has 1 atom stereocenters. The van der Waals surface area contributed by atoms with E-state index >= 15 is 0 Å². The number of carbonyl (C=O) groups is 1. The van der Waals surface area contributed by atoms with E-state index in [0.29, 0.717) is 31.7 Å². The van der Waals surface area contributed by atoms with Gasteiger partial charge < -0.3 is 14.8 Å². The second-order valence-corrected chi connectivity index (χ2v) is 6.27. The van der Waals surface area contributed by atoms with Crippen molar-refractivity contribution in [1.82, 2.24) is 15.3 Å². The number of benzene rings is 1. The molecular formula is C19H23N3O3. The molecule has 1 N–H and O–H groups in total. The van der Waals surface area contributed by atoms with Gasteiger partial charge in [-0.05, 0) is 38.0 Å². The number of para-hydroxylation sites is 1. The molecule has 25 heavy (non-hydrogen) atoms. The lowest BCUT2D eigenvalue weighted by molar-refractivity contribution is -0.126. The van der Waals surface area contributed by atoms with Crippen LogP contribution in [0.15, 0.2) is 24.3 Å². The summed E-state index contributed by atoms with van der Waals surface area (Å²) in [6, 6.07) is 7.69. The minimum atomic E-state index is -0.195. The number of hydrogen-bond donors (Lipinski definition) is 1. The Balaban J connectivity index is 1.55. The van der Waals surface area contributed by atoms with Gasteiger partial charge in [0.1, 0.15) is 12.4 Å². The Morgan fingerprint density at radius 3 is 2.80 bits per heavy atom. The lowest BCUT2D eigenvalue weighted by Crippen LogP contribution is -2.38. The summed E-state index contributed by atoms with van der Waals surface area (Å²) in [5.41, 5.74) is 2.89. The highest BCUT2D eigenvalue weighted by atomic mass is 16.5. The third-order valence-electron chi connectivity index (χ3n) is 4.22. The van der Waals surface area contributed by atoms with Crippen LogP contribution in [-0.4, -0.2) is 36.1 Å². The predicted molar refractivity (Wildman–Crippen MR) is 93.9 cm³/mol. The quantitative estimate of drug-likeness (QED) is 0.901. The Kier molecular flexibility index (Phi) is 5.16. The molecule has 1 aromatic heterocycles. The van der Waals surface area contributed by atoms with Crippen LogP contribution in [0.1, 0.15) is 22.8 Å². The van der Waals surface area contributed by atoms with Crippen molar-refractivity contribution in [3.8, 4) is 11.5 Å². The molecule has 1 amide bonds. The summed E-state index contributed by atoms with van der Waals surface area (Å²) >= 11 is 0. The molecule has 6 heteroatoms. The standard InChI is InChI=1S/C19H23N3O3/c1-12-9-13(2)22-17(21-12)7-8-20-19(23)15-10-14-5-4-6-16(24-3)18(14)25-11-15/h4-6,9,15H,7-8,10-11H2,1-3H3,(H,20,23). The van der Waals surface area contributed by atoms with E-state index in [1.54, 1.807) is 7.11 Å². The molecule has 1 aliphatic rings. The summed E-state index contributed by atoms with van der Waals surface area (Å²) in [6.07, 6.45) is 1.27. The molecule has 1 aliphatic heterocycles. The number of hydrogen-bond acceptors (Lipinski definition) is 5.